The van der Waals surface area contributed by atoms with Crippen LogP contribution in [0.4, 0.5) is 0 Å². The van der Waals surface area contributed by atoms with Gasteiger partial charge in [-0.15, -0.1) is 0 Å². The first kappa shape index (κ1) is 29.5. The average molecular weight is 529 g/mol. The molecule has 1 saturated heterocycles. The van der Waals surface area contributed by atoms with Crippen LogP contribution in [0.1, 0.15) is 59.8 Å². The maximum absolute atomic E-state index is 11.2. The van der Waals surface area contributed by atoms with Gasteiger partial charge in [0.05, 0.1) is 18.8 Å². The third kappa shape index (κ3) is 7.30. The van der Waals surface area contributed by atoms with Gasteiger partial charge in [0.25, 0.3) is 8.32 Å². The molecule has 0 N–H and O–H groups in total. The maximum Gasteiger partial charge on any atom is 0.302 e. The molecule has 0 aliphatic carbocycles. The fourth-order valence-electron chi connectivity index (χ4n) is 5.54. The van der Waals surface area contributed by atoms with Crippen molar-refractivity contribution in [2.24, 2.45) is 0 Å². The molecule has 0 amide bonds. The van der Waals surface area contributed by atoms with E-state index in [-0.39, 0.29) is 23.2 Å². The minimum atomic E-state index is -2.61. The Hall–Kier alpha value is -2.03. The van der Waals surface area contributed by atoms with E-state index in [0.717, 1.165) is 12.8 Å². The van der Waals surface area contributed by atoms with Crippen LogP contribution in [0.5, 0.6) is 0 Å². The molecule has 1 heterocycles. The Bertz CT molecular complexity index is 922. The largest absolute Gasteiger partial charge is 0.466 e. The van der Waals surface area contributed by atoms with Gasteiger partial charge in [0.2, 0.25) is 0 Å². The number of carbonyl (C=O) groups excluding carboxylic acids is 1. The molecule has 3 atom stereocenters. The summed E-state index contributed by atoms with van der Waals surface area (Å²) in [5.41, 5.74) is 0. The molecule has 0 unspecified atom stereocenters. The molecule has 2 aromatic rings. The number of hydrogen-bond acceptors (Lipinski definition) is 6. The summed E-state index contributed by atoms with van der Waals surface area (Å²) >= 11 is 0. The van der Waals surface area contributed by atoms with Crippen molar-refractivity contribution in [3.8, 4) is 0 Å². The summed E-state index contributed by atoms with van der Waals surface area (Å²) in [4.78, 5) is 11.2. The number of rotatable bonds is 12. The van der Waals surface area contributed by atoms with Gasteiger partial charge in [-0.1, -0.05) is 81.4 Å². The molecule has 0 bridgehead atoms. The Morgan fingerprint density at radius 2 is 1.59 bits per heavy atom. The predicted molar refractivity (Wildman–Crippen MR) is 149 cm³/mol. The van der Waals surface area contributed by atoms with Crippen LogP contribution in [0.15, 0.2) is 60.7 Å². The molecule has 1 fully saturated rings. The van der Waals surface area contributed by atoms with Crippen molar-refractivity contribution in [2.75, 3.05) is 27.4 Å². The number of ether oxygens (including phenoxy) is 4. The third-order valence-electron chi connectivity index (χ3n) is 7.33. The monoisotopic (exact) mass is 528 g/mol. The van der Waals surface area contributed by atoms with Crippen LogP contribution in [0.25, 0.3) is 0 Å². The van der Waals surface area contributed by atoms with Crippen LogP contribution < -0.4 is 10.4 Å². The summed E-state index contributed by atoms with van der Waals surface area (Å²) in [6, 6.07) is 21.4. The van der Waals surface area contributed by atoms with Crippen molar-refractivity contribution in [3.63, 3.8) is 0 Å². The van der Waals surface area contributed by atoms with E-state index < -0.39 is 14.1 Å². The topological polar surface area (TPSA) is 63.2 Å². The second-order valence-corrected chi connectivity index (χ2v) is 15.2. The van der Waals surface area contributed by atoms with Crippen molar-refractivity contribution in [3.05, 3.63) is 60.7 Å². The van der Waals surface area contributed by atoms with Crippen molar-refractivity contribution in [1.29, 1.82) is 0 Å². The quantitative estimate of drug-likeness (QED) is 0.223. The fourth-order valence-corrected chi connectivity index (χ4v) is 10.1. The first-order valence-electron chi connectivity index (χ1n) is 13.3. The Morgan fingerprint density at radius 3 is 2.08 bits per heavy atom. The van der Waals surface area contributed by atoms with Gasteiger partial charge < -0.3 is 23.4 Å². The van der Waals surface area contributed by atoms with Crippen LogP contribution in [0.3, 0.4) is 0 Å². The zero-order chi connectivity index (χ0) is 26.9. The number of hydrogen-bond donors (Lipinski definition) is 0. The lowest BCUT2D eigenvalue weighted by molar-refractivity contribution is -0.292. The number of methoxy groups -OCH3 is 2. The normalized spacial score (nSPS) is 22.5. The first-order valence-corrected chi connectivity index (χ1v) is 15.2. The van der Waals surface area contributed by atoms with Crippen molar-refractivity contribution in [2.45, 2.75) is 82.8 Å². The Labute approximate surface area is 223 Å². The third-order valence-corrected chi connectivity index (χ3v) is 12.4. The Kier molecular flexibility index (Phi) is 10.5. The smallest absolute Gasteiger partial charge is 0.302 e. The lowest BCUT2D eigenvalue weighted by Gasteiger charge is -2.45. The van der Waals surface area contributed by atoms with Gasteiger partial charge >= 0.3 is 5.97 Å². The van der Waals surface area contributed by atoms with E-state index in [9.17, 15) is 4.79 Å². The molecule has 204 valence electrons. The summed E-state index contributed by atoms with van der Waals surface area (Å²) in [7, 11) is 0.815. The van der Waals surface area contributed by atoms with Gasteiger partial charge in [-0.2, -0.15) is 0 Å². The highest BCUT2D eigenvalue weighted by atomic mass is 28.4. The molecule has 3 rings (SSSR count). The standard InChI is InChI=1S/C30H44O6Si/c1-24(31)34-20-13-19-30(33-6)23-26(32-5)22-25(36-30)18-21-35-37(29(2,3)4,27-14-9-7-10-15-27)28-16-11-8-12-17-28/h7-12,14-17,25-26H,13,18-23H2,1-6H3/t25-,26+,30+/m1/s1. The summed E-state index contributed by atoms with van der Waals surface area (Å²) in [6.45, 7) is 9.21. The van der Waals surface area contributed by atoms with E-state index in [1.807, 2.05) is 0 Å². The molecule has 1 aliphatic rings. The summed E-state index contributed by atoms with van der Waals surface area (Å²) in [5, 5.41) is 2.46. The summed E-state index contributed by atoms with van der Waals surface area (Å²) < 4.78 is 30.5. The lowest BCUT2D eigenvalue weighted by Crippen LogP contribution is -2.66. The van der Waals surface area contributed by atoms with E-state index in [0.29, 0.717) is 32.5 Å². The molecule has 0 saturated carbocycles. The van der Waals surface area contributed by atoms with E-state index in [1.54, 1.807) is 14.2 Å². The highest BCUT2D eigenvalue weighted by Crippen LogP contribution is 2.38. The lowest BCUT2D eigenvalue weighted by atomic mass is 9.93. The summed E-state index contributed by atoms with van der Waals surface area (Å²) in [5.74, 6) is -1.04. The maximum atomic E-state index is 11.2. The van der Waals surface area contributed by atoms with Crippen LogP contribution in [0.2, 0.25) is 5.04 Å². The SMILES string of the molecule is CO[C@H]1C[C@@H](CCO[Si](c2ccccc2)(c2ccccc2)C(C)(C)C)O[C@](CCCOC(C)=O)(OC)C1. The Morgan fingerprint density at radius 1 is 1.00 bits per heavy atom. The molecule has 0 spiro atoms. The van der Waals surface area contributed by atoms with Crippen molar-refractivity contribution in [1.82, 2.24) is 0 Å². The zero-order valence-electron chi connectivity index (χ0n) is 23.3. The highest BCUT2D eigenvalue weighted by molar-refractivity contribution is 6.99. The van der Waals surface area contributed by atoms with E-state index >= 15 is 0 Å². The van der Waals surface area contributed by atoms with Crippen LogP contribution >= 0.6 is 0 Å². The number of benzene rings is 2. The molecule has 0 radical (unpaired) electrons. The minimum Gasteiger partial charge on any atom is -0.466 e. The average Bonchev–Trinajstić information content (AvgIpc) is 2.89. The van der Waals surface area contributed by atoms with Crippen LogP contribution in [-0.2, 0) is 28.2 Å². The highest BCUT2D eigenvalue weighted by Gasteiger charge is 2.50. The van der Waals surface area contributed by atoms with Crippen LogP contribution in [-0.4, -0.2) is 59.7 Å². The van der Waals surface area contributed by atoms with Gasteiger partial charge in [-0.25, -0.2) is 0 Å². The van der Waals surface area contributed by atoms with Gasteiger partial charge in [0.15, 0.2) is 5.79 Å². The second-order valence-electron chi connectivity index (χ2n) is 10.9. The van der Waals surface area contributed by atoms with Gasteiger partial charge in [-0.3, -0.25) is 4.79 Å². The molecule has 1 aliphatic heterocycles. The number of esters is 1. The van der Waals surface area contributed by atoms with E-state index in [1.165, 1.54) is 17.3 Å². The van der Waals surface area contributed by atoms with Gasteiger partial charge in [0.1, 0.15) is 0 Å². The molecule has 37 heavy (non-hydrogen) atoms. The molecule has 2 aromatic carbocycles. The predicted octanol–water partition coefficient (Wildman–Crippen LogP) is 4.83. The zero-order valence-corrected chi connectivity index (χ0v) is 24.3. The van der Waals surface area contributed by atoms with Crippen molar-refractivity contribution < 1.29 is 28.2 Å². The Balaban J connectivity index is 1.79. The second kappa shape index (κ2) is 13.2. The summed E-state index contributed by atoms with van der Waals surface area (Å²) in [6.07, 6.45) is 3.42. The van der Waals surface area contributed by atoms with Crippen LogP contribution in [0, 0.1) is 0 Å². The van der Waals surface area contributed by atoms with E-state index in [4.69, 9.17) is 23.4 Å². The number of carbonyl (C=O) groups is 1. The fraction of sp³-hybridized carbons (Fsp3) is 0.567. The molecular formula is C30H44O6Si. The first-order chi connectivity index (χ1) is 17.7. The van der Waals surface area contributed by atoms with Crippen molar-refractivity contribution >= 4 is 24.7 Å². The van der Waals surface area contributed by atoms with Gasteiger partial charge in [0, 0.05) is 47.0 Å². The van der Waals surface area contributed by atoms with Gasteiger partial charge in [-0.05, 0) is 28.3 Å². The molecule has 6 nitrogen and oxygen atoms in total. The minimum absolute atomic E-state index is 0.0280. The van der Waals surface area contributed by atoms with E-state index in [2.05, 4.69) is 81.4 Å². The molecular weight excluding hydrogens is 484 g/mol. The molecule has 0 aromatic heterocycles. The molecule has 7 heteroatoms.